The molecule has 1 aliphatic heterocycles. The predicted molar refractivity (Wildman–Crippen MR) is 94.7 cm³/mol. The highest BCUT2D eigenvalue weighted by Crippen LogP contribution is 2.30. The van der Waals surface area contributed by atoms with E-state index < -0.39 is 10.0 Å². The molecule has 1 saturated heterocycles. The molecule has 3 rings (SSSR count). The van der Waals surface area contributed by atoms with Crippen molar-refractivity contribution in [2.45, 2.75) is 16.9 Å². The van der Waals surface area contributed by atoms with E-state index in [2.05, 4.69) is 5.32 Å². The number of benzene rings is 1. The van der Waals surface area contributed by atoms with Crippen LogP contribution in [0.5, 0.6) is 0 Å². The van der Waals surface area contributed by atoms with Crippen LogP contribution in [0.25, 0.3) is 0 Å². The third-order valence-corrected chi connectivity index (χ3v) is 6.43. The van der Waals surface area contributed by atoms with E-state index in [1.807, 2.05) is 30.3 Å². The number of aryl methyl sites for hydroxylation is 1. The first-order chi connectivity index (χ1) is 11.8. The number of nitrogens with one attached hydrogen (secondary N) is 1. The summed E-state index contributed by atoms with van der Waals surface area (Å²) in [6.45, 7) is 0.587. The lowest BCUT2D eigenvalue weighted by molar-refractivity contribution is 0.0955. The Hall–Kier alpha value is -2.16. The van der Waals surface area contributed by atoms with Crippen molar-refractivity contribution in [2.75, 3.05) is 20.1 Å². The lowest BCUT2D eigenvalue weighted by Crippen LogP contribution is -2.32. The van der Waals surface area contributed by atoms with Crippen molar-refractivity contribution in [1.29, 1.82) is 0 Å². The van der Waals surface area contributed by atoms with Gasteiger partial charge in [-0.2, -0.15) is 4.31 Å². The molecular formula is C17H22N4O3S. The molecule has 134 valence electrons. The van der Waals surface area contributed by atoms with Crippen molar-refractivity contribution in [2.24, 2.45) is 12.8 Å². The van der Waals surface area contributed by atoms with E-state index in [1.54, 1.807) is 7.05 Å². The van der Waals surface area contributed by atoms with Crippen LogP contribution in [0.4, 0.5) is 0 Å². The molecule has 1 aliphatic rings. The molecule has 0 radical (unpaired) electrons. The van der Waals surface area contributed by atoms with Gasteiger partial charge in [0.2, 0.25) is 10.0 Å². The topological polar surface area (TPSA) is 97.4 Å². The van der Waals surface area contributed by atoms with Gasteiger partial charge in [-0.1, -0.05) is 30.3 Å². The number of sulfonamides is 1. The summed E-state index contributed by atoms with van der Waals surface area (Å²) in [5, 5.41) is 2.50. The summed E-state index contributed by atoms with van der Waals surface area (Å²) in [6, 6.07) is 10.8. The highest BCUT2D eigenvalue weighted by molar-refractivity contribution is 7.89. The first-order valence-corrected chi connectivity index (χ1v) is 9.47. The predicted octanol–water partition coefficient (Wildman–Crippen LogP) is 0.500. The molecule has 2 aromatic rings. The van der Waals surface area contributed by atoms with Crippen LogP contribution in [0.2, 0.25) is 0 Å². The zero-order chi connectivity index (χ0) is 18.2. The van der Waals surface area contributed by atoms with Crippen LogP contribution in [-0.4, -0.2) is 49.4 Å². The summed E-state index contributed by atoms with van der Waals surface area (Å²) in [5.41, 5.74) is 7.54. The maximum Gasteiger partial charge on any atom is 0.267 e. The Labute approximate surface area is 147 Å². The van der Waals surface area contributed by atoms with Crippen LogP contribution in [0.1, 0.15) is 22.0 Å². The van der Waals surface area contributed by atoms with E-state index in [1.165, 1.54) is 28.2 Å². The van der Waals surface area contributed by atoms with Gasteiger partial charge in [-0.05, 0) is 11.6 Å². The molecule has 0 bridgehead atoms. The Bertz CT molecular complexity index is 877. The normalized spacial score (nSPS) is 21.4. The fourth-order valence-electron chi connectivity index (χ4n) is 3.22. The van der Waals surface area contributed by atoms with E-state index in [4.69, 9.17) is 5.73 Å². The van der Waals surface area contributed by atoms with Crippen LogP contribution in [0.3, 0.4) is 0 Å². The highest BCUT2D eigenvalue weighted by Gasteiger charge is 2.39. The van der Waals surface area contributed by atoms with E-state index >= 15 is 0 Å². The molecule has 7 nitrogen and oxygen atoms in total. The Morgan fingerprint density at radius 3 is 2.56 bits per heavy atom. The molecule has 0 spiro atoms. The molecule has 2 heterocycles. The monoisotopic (exact) mass is 362 g/mol. The maximum absolute atomic E-state index is 13.0. The molecule has 2 atom stereocenters. The number of hydrogen-bond donors (Lipinski definition) is 2. The molecule has 1 fully saturated rings. The highest BCUT2D eigenvalue weighted by atomic mass is 32.2. The summed E-state index contributed by atoms with van der Waals surface area (Å²) < 4.78 is 28.8. The van der Waals surface area contributed by atoms with Gasteiger partial charge in [-0.25, -0.2) is 8.42 Å². The van der Waals surface area contributed by atoms with Gasteiger partial charge in [0.15, 0.2) is 0 Å². The second kappa shape index (κ2) is 6.62. The molecule has 1 amide bonds. The maximum atomic E-state index is 13.0. The molecule has 1 aromatic heterocycles. The fraction of sp³-hybridized carbons (Fsp3) is 0.353. The standard InChI is InChI=1S/C17H22N4O3S/c1-19-17(22)16-8-13(9-20(16)2)25(23,24)21-10-14(15(18)11-21)12-6-4-3-5-7-12/h3-9,14-15H,10-11,18H2,1-2H3,(H,19,22)/t14-,15+/m0/s1. The molecule has 3 N–H and O–H groups in total. The third-order valence-electron chi connectivity index (χ3n) is 4.64. The number of nitrogens with two attached hydrogens (primary N) is 1. The molecule has 0 unspecified atom stereocenters. The summed E-state index contributed by atoms with van der Waals surface area (Å²) in [4.78, 5) is 11.9. The minimum Gasteiger partial charge on any atom is -0.354 e. The van der Waals surface area contributed by atoms with Gasteiger partial charge in [0.05, 0.1) is 0 Å². The van der Waals surface area contributed by atoms with Crippen LogP contribution >= 0.6 is 0 Å². The van der Waals surface area contributed by atoms with Gasteiger partial charge in [0, 0.05) is 45.3 Å². The molecule has 0 aliphatic carbocycles. The average Bonchev–Trinajstić information content (AvgIpc) is 3.19. The number of hydrogen-bond acceptors (Lipinski definition) is 4. The van der Waals surface area contributed by atoms with Crippen LogP contribution in [0.15, 0.2) is 47.5 Å². The van der Waals surface area contributed by atoms with Crippen LogP contribution < -0.4 is 11.1 Å². The van der Waals surface area contributed by atoms with Crippen LogP contribution in [-0.2, 0) is 17.1 Å². The van der Waals surface area contributed by atoms with Gasteiger partial charge in [0.1, 0.15) is 10.6 Å². The van der Waals surface area contributed by atoms with Gasteiger partial charge < -0.3 is 15.6 Å². The Morgan fingerprint density at radius 2 is 1.92 bits per heavy atom. The number of carbonyl (C=O) groups is 1. The molecule has 8 heteroatoms. The number of amides is 1. The quantitative estimate of drug-likeness (QED) is 0.828. The summed E-state index contributed by atoms with van der Waals surface area (Å²) >= 11 is 0. The van der Waals surface area contributed by atoms with E-state index in [0.717, 1.165) is 5.56 Å². The summed E-state index contributed by atoms with van der Waals surface area (Å²) in [6.07, 6.45) is 1.46. The second-order valence-electron chi connectivity index (χ2n) is 6.25. The van der Waals surface area contributed by atoms with Crippen molar-refractivity contribution in [3.05, 3.63) is 53.9 Å². The van der Waals surface area contributed by atoms with Gasteiger partial charge in [-0.15, -0.1) is 0 Å². The largest absolute Gasteiger partial charge is 0.354 e. The lowest BCUT2D eigenvalue weighted by Gasteiger charge is -2.15. The van der Waals surface area contributed by atoms with Gasteiger partial charge in [0.25, 0.3) is 5.91 Å². The van der Waals surface area contributed by atoms with Gasteiger partial charge in [-0.3, -0.25) is 4.79 Å². The average molecular weight is 362 g/mol. The number of carbonyl (C=O) groups excluding carboxylic acids is 1. The van der Waals surface area contributed by atoms with Gasteiger partial charge >= 0.3 is 0 Å². The fourth-order valence-corrected chi connectivity index (χ4v) is 4.79. The number of aromatic nitrogens is 1. The molecule has 0 saturated carbocycles. The minimum absolute atomic E-state index is 0.0434. The molecule has 1 aromatic carbocycles. The molecule has 25 heavy (non-hydrogen) atoms. The van der Waals surface area contributed by atoms with Crippen molar-refractivity contribution >= 4 is 15.9 Å². The van der Waals surface area contributed by atoms with E-state index in [9.17, 15) is 13.2 Å². The zero-order valence-electron chi connectivity index (χ0n) is 14.2. The first-order valence-electron chi connectivity index (χ1n) is 8.03. The van der Waals surface area contributed by atoms with E-state index in [0.29, 0.717) is 12.2 Å². The van der Waals surface area contributed by atoms with Crippen molar-refractivity contribution in [3.8, 4) is 0 Å². The third kappa shape index (κ3) is 3.20. The Balaban J connectivity index is 1.88. The van der Waals surface area contributed by atoms with Crippen molar-refractivity contribution in [1.82, 2.24) is 14.2 Å². The van der Waals surface area contributed by atoms with Crippen molar-refractivity contribution < 1.29 is 13.2 Å². The van der Waals surface area contributed by atoms with Crippen LogP contribution in [0, 0.1) is 0 Å². The molecular weight excluding hydrogens is 340 g/mol. The summed E-state index contributed by atoms with van der Waals surface area (Å²) in [7, 11) is -0.551. The number of rotatable bonds is 4. The van der Waals surface area contributed by atoms with E-state index in [-0.39, 0.29) is 29.3 Å². The summed E-state index contributed by atoms with van der Waals surface area (Å²) in [5.74, 6) is -0.373. The minimum atomic E-state index is -3.70. The van der Waals surface area contributed by atoms with Crippen molar-refractivity contribution in [3.63, 3.8) is 0 Å². The second-order valence-corrected chi connectivity index (χ2v) is 8.19. The number of nitrogens with zero attached hydrogens (tertiary/aromatic N) is 2. The Morgan fingerprint density at radius 1 is 1.24 bits per heavy atom. The smallest absolute Gasteiger partial charge is 0.267 e. The first kappa shape index (κ1) is 17.7. The zero-order valence-corrected chi connectivity index (χ0v) is 15.0. The SMILES string of the molecule is CNC(=O)c1cc(S(=O)(=O)N2C[C@@H](N)[C@H](c3ccccc3)C2)cn1C. The lowest BCUT2D eigenvalue weighted by atomic mass is 9.95. The Kier molecular flexibility index (Phi) is 4.68.